The van der Waals surface area contributed by atoms with Gasteiger partial charge in [-0.25, -0.2) is 0 Å². The van der Waals surface area contributed by atoms with E-state index in [2.05, 4.69) is 24.1 Å². The largest absolute Gasteiger partial charge is 0.387 e. The predicted molar refractivity (Wildman–Crippen MR) is 90.3 cm³/mol. The summed E-state index contributed by atoms with van der Waals surface area (Å²) in [6, 6.07) is 5.37. The van der Waals surface area contributed by atoms with Crippen molar-refractivity contribution < 1.29 is 4.79 Å². The predicted octanol–water partition coefficient (Wildman–Crippen LogP) is 3.04. The van der Waals surface area contributed by atoms with Crippen LogP contribution in [0.4, 0.5) is 5.69 Å². The smallest absolute Gasteiger partial charge is 0.256 e. The van der Waals surface area contributed by atoms with Crippen LogP contribution in [0.3, 0.4) is 0 Å². The fraction of sp³-hybridized carbons (Fsp3) is 0.562. The van der Waals surface area contributed by atoms with E-state index >= 15 is 0 Å². The number of carbonyl (C=O) groups excluding carboxylic acids is 1. The van der Waals surface area contributed by atoms with Gasteiger partial charge in [0.15, 0.2) is 0 Å². The van der Waals surface area contributed by atoms with Gasteiger partial charge in [0.2, 0.25) is 0 Å². The lowest BCUT2D eigenvalue weighted by Gasteiger charge is -2.27. The van der Waals surface area contributed by atoms with Gasteiger partial charge in [-0.2, -0.15) is 0 Å². The minimum absolute atomic E-state index is 0.0254. The summed E-state index contributed by atoms with van der Waals surface area (Å²) < 4.78 is 0. The first-order valence-corrected chi connectivity index (χ1v) is 7.64. The van der Waals surface area contributed by atoms with Gasteiger partial charge >= 0.3 is 0 Å². The van der Waals surface area contributed by atoms with E-state index in [1.54, 1.807) is 12.1 Å². The Bertz CT molecular complexity index is 475. The number of carbonyl (C=O) groups is 1. The van der Waals surface area contributed by atoms with Crippen LogP contribution in [0.1, 0.15) is 24.2 Å². The summed E-state index contributed by atoms with van der Waals surface area (Å²) in [6.45, 7) is 6.52. The van der Waals surface area contributed by atoms with Crippen molar-refractivity contribution in [3.63, 3.8) is 0 Å². The van der Waals surface area contributed by atoms with E-state index in [9.17, 15) is 4.79 Å². The highest BCUT2D eigenvalue weighted by Gasteiger charge is 2.20. The number of nitrogens with one attached hydrogen (secondary N) is 1. The van der Waals surface area contributed by atoms with Crippen molar-refractivity contribution in [2.45, 2.75) is 13.8 Å². The second-order valence-electron chi connectivity index (χ2n) is 5.89. The highest BCUT2D eigenvalue weighted by molar-refractivity contribution is 6.31. The molecule has 1 aromatic carbocycles. The normalized spacial score (nSPS) is 11.0. The number of rotatable bonds is 7. The highest BCUT2D eigenvalue weighted by Crippen LogP contribution is 2.22. The van der Waals surface area contributed by atoms with Crippen molar-refractivity contribution >= 4 is 23.2 Å². The Hall–Kier alpha value is -1.26. The molecule has 118 valence electrons. The SMILES string of the molecule is CNc1ccc(Cl)cc1C(=O)N(CCN(C)C)CC(C)C. The molecule has 0 radical (unpaired) electrons. The molecule has 1 aromatic rings. The van der Waals surface area contributed by atoms with E-state index in [0.717, 1.165) is 18.8 Å². The molecule has 0 fully saturated rings. The van der Waals surface area contributed by atoms with Crippen molar-refractivity contribution in [3.05, 3.63) is 28.8 Å². The zero-order valence-corrected chi connectivity index (χ0v) is 14.4. The molecule has 1 rings (SSSR count). The van der Waals surface area contributed by atoms with Gasteiger partial charge in [-0.15, -0.1) is 0 Å². The zero-order valence-electron chi connectivity index (χ0n) is 13.6. The topological polar surface area (TPSA) is 35.6 Å². The average molecular weight is 312 g/mol. The number of amides is 1. The Labute approximate surface area is 133 Å². The fourth-order valence-corrected chi connectivity index (χ4v) is 2.29. The number of anilines is 1. The third-order valence-electron chi connectivity index (χ3n) is 3.17. The number of nitrogens with zero attached hydrogens (tertiary/aromatic N) is 2. The summed E-state index contributed by atoms with van der Waals surface area (Å²) in [7, 11) is 5.83. The summed E-state index contributed by atoms with van der Waals surface area (Å²) in [4.78, 5) is 16.8. The average Bonchev–Trinajstić information content (AvgIpc) is 2.42. The molecular weight excluding hydrogens is 286 g/mol. The Balaban J connectivity index is 3.00. The maximum Gasteiger partial charge on any atom is 0.256 e. The van der Waals surface area contributed by atoms with Crippen molar-refractivity contribution in [1.29, 1.82) is 0 Å². The first kappa shape index (κ1) is 17.8. The second-order valence-corrected chi connectivity index (χ2v) is 6.32. The lowest BCUT2D eigenvalue weighted by Crippen LogP contribution is -2.39. The molecule has 0 unspecified atom stereocenters. The van der Waals surface area contributed by atoms with Gasteiger partial charge < -0.3 is 15.1 Å². The standard InChI is InChI=1S/C16H26ClN3O/c1-12(2)11-20(9-8-19(4)5)16(21)14-10-13(17)6-7-15(14)18-3/h6-7,10,12,18H,8-9,11H2,1-5H3. The number of hydrogen-bond acceptors (Lipinski definition) is 3. The van der Waals surface area contributed by atoms with Crippen LogP contribution in [-0.4, -0.2) is 56.5 Å². The monoisotopic (exact) mass is 311 g/mol. The molecule has 1 N–H and O–H groups in total. The first-order chi connectivity index (χ1) is 9.85. The molecule has 21 heavy (non-hydrogen) atoms. The second kappa shape index (κ2) is 8.25. The van der Waals surface area contributed by atoms with Crippen LogP contribution in [0.25, 0.3) is 0 Å². The van der Waals surface area contributed by atoms with E-state index in [4.69, 9.17) is 11.6 Å². The van der Waals surface area contributed by atoms with Gasteiger partial charge in [0.1, 0.15) is 0 Å². The van der Waals surface area contributed by atoms with Gasteiger partial charge in [0.25, 0.3) is 5.91 Å². The molecule has 0 saturated carbocycles. The number of halogens is 1. The third kappa shape index (κ3) is 5.56. The Morgan fingerprint density at radius 1 is 1.29 bits per heavy atom. The van der Waals surface area contributed by atoms with Crippen LogP contribution >= 0.6 is 11.6 Å². The van der Waals surface area contributed by atoms with Crippen LogP contribution in [0.5, 0.6) is 0 Å². The Kier molecular flexibility index (Phi) is 6.99. The van der Waals surface area contributed by atoms with Crippen molar-refractivity contribution in [1.82, 2.24) is 9.80 Å². The molecule has 0 spiro atoms. The summed E-state index contributed by atoms with van der Waals surface area (Å²) >= 11 is 6.05. The molecule has 0 bridgehead atoms. The number of hydrogen-bond donors (Lipinski definition) is 1. The van der Waals surface area contributed by atoms with Crippen molar-refractivity contribution in [3.8, 4) is 0 Å². The van der Waals surface area contributed by atoms with Crippen LogP contribution in [0, 0.1) is 5.92 Å². The zero-order chi connectivity index (χ0) is 16.0. The summed E-state index contributed by atoms with van der Waals surface area (Å²) in [5.74, 6) is 0.450. The summed E-state index contributed by atoms with van der Waals surface area (Å²) in [6.07, 6.45) is 0. The third-order valence-corrected chi connectivity index (χ3v) is 3.41. The summed E-state index contributed by atoms with van der Waals surface area (Å²) in [5.41, 5.74) is 1.44. The molecule has 5 heteroatoms. The molecule has 4 nitrogen and oxygen atoms in total. The van der Waals surface area contributed by atoms with Crippen LogP contribution < -0.4 is 5.32 Å². The Morgan fingerprint density at radius 2 is 1.95 bits per heavy atom. The summed E-state index contributed by atoms with van der Waals surface area (Å²) in [5, 5.41) is 3.64. The molecule has 0 aliphatic rings. The fourth-order valence-electron chi connectivity index (χ4n) is 2.12. The molecule has 0 heterocycles. The molecule has 0 saturated heterocycles. The lowest BCUT2D eigenvalue weighted by molar-refractivity contribution is 0.0725. The van der Waals surface area contributed by atoms with Gasteiger partial charge in [-0.1, -0.05) is 25.4 Å². The van der Waals surface area contributed by atoms with E-state index in [1.165, 1.54) is 0 Å². The quantitative estimate of drug-likeness (QED) is 0.840. The Morgan fingerprint density at radius 3 is 2.48 bits per heavy atom. The molecule has 0 atom stereocenters. The highest BCUT2D eigenvalue weighted by atomic mass is 35.5. The van der Waals surface area contributed by atoms with Crippen LogP contribution in [-0.2, 0) is 0 Å². The molecular formula is C16H26ClN3O. The molecule has 0 aliphatic carbocycles. The maximum atomic E-state index is 12.8. The number of likely N-dealkylation sites (N-methyl/N-ethyl adjacent to an activating group) is 1. The molecule has 1 amide bonds. The minimum Gasteiger partial charge on any atom is -0.387 e. The first-order valence-electron chi connectivity index (χ1n) is 7.26. The van der Waals surface area contributed by atoms with Crippen molar-refractivity contribution in [2.24, 2.45) is 5.92 Å². The molecule has 0 aromatic heterocycles. The van der Waals surface area contributed by atoms with E-state index in [1.807, 2.05) is 32.1 Å². The number of benzene rings is 1. The van der Waals surface area contributed by atoms with Crippen LogP contribution in [0.2, 0.25) is 5.02 Å². The van der Waals surface area contributed by atoms with Crippen LogP contribution in [0.15, 0.2) is 18.2 Å². The van der Waals surface area contributed by atoms with E-state index in [0.29, 0.717) is 23.0 Å². The van der Waals surface area contributed by atoms with Gasteiger partial charge in [0.05, 0.1) is 5.56 Å². The van der Waals surface area contributed by atoms with Gasteiger partial charge in [-0.05, 0) is 38.2 Å². The van der Waals surface area contributed by atoms with E-state index in [-0.39, 0.29) is 5.91 Å². The maximum absolute atomic E-state index is 12.8. The lowest BCUT2D eigenvalue weighted by atomic mass is 10.1. The van der Waals surface area contributed by atoms with Crippen molar-refractivity contribution in [2.75, 3.05) is 46.1 Å². The van der Waals surface area contributed by atoms with Gasteiger partial charge in [-0.3, -0.25) is 4.79 Å². The molecule has 0 aliphatic heterocycles. The van der Waals surface area contributed by atoms with E-state index < -0.39 is 0 Å². The van der Waals surface area contributed by atoms with Gasteiger partial charge in [0, 0.05) is 37.4 Å². The minimum atomic E-state index is 0.0254.